The number of nitrogens with one attached hydrogen (secondary N) is 1. The van der Waals surface area contributed by atoms with E-state index in [2.05, 4.69) is 12.2 Å². The highest BCUT2D eigenvalue weighted by molar-refractivity contribution is 5.97. The molecule has 1 aliphatic carbocycles. The normalized spacial score (nSPS) is 18.3. The molecule has 3 heteroatoms. The van der Waals surface area contributed by atoms with Crippen molar-refractivity contribution < 1.29 is 4.79 Å². The third-order valence-electron chi connectivity index (χ3n) is 3.96. The molecule has 1 amide bonds. The van der Waals surface area contributed by atoms with Crippen molar-refractivity contribution in [1.29, 1.82) is 0 Å². The Morgan fingerprint density at radius 2 is 1.94 bits per heavy atom. The molecule has 1 aromatic carbocycles. The van der Waals surface area contributed by atoms with Crippen LogP contribution in [0.3, 0.4) is 0 Å². The quantitative estimate of drug-likeness (QED) is 0.785. The number of hydrogen-bond acceptors (Lipinski definition) is 2. The summed E-state index contributed by atoms with van der Waals surface area (Å²) in [5, 5.41) is 2.98. The van der Waals surface area contributed by atoms with Gasteiger partial charge in [0.1, 0.15) is 0 Å². The van der Waals surface area contributed by atoms with Crippen LogP contribution in [0.15, 0.2) is 18.2 Å². The number of hydrogen-bond donors (Lipinski definition) is 2. The highest BCUT2D eigenvalue weighted by Gasteiger charge is 2.34. The standard InChI is InChI=1S/C15H22N2O/c1-11-6-7-13(12(16)10-11)17-14(18)15(2)8-4-3-5-9-15/h6-7,10H,3-5,8-9,16H2,1-2H3,(H,17,18). The second-order valence-corrected chi connectivity index (χ2v) is 5.67. The highest BCUT2D eigenvalue weighted by atomic mass is 16.2. The van der Waals surface area contributed by atoms with Crippen LogP contribution in [0.2, 0.25) is 0 Å². The lowest BCUT2D eigenvalue weighted by atomic mass is 9.75. The van der Waals surface area contributed by atoms with E-state index < -0.39 is 0 Å². The second-order valence-electron chi connectivity index (χ2n) is 5.67. The molecule has 1 saturated carbocycles. The van der Waals surface area contributed by atoms with Crippen LogP contribution in [0.5, 0.6) is 0 Å². The van der Waals surface area contributed by atoms with Gasteiger partial charge in [-0.25, -0.2) is 0 Å². The van der Waals surface area contributed by atoms with E-state index in [-0.39, 0.29) is 11.3 Å². The molecule has 0 saturated heterocycles. The second kappa shape index (κ2) is 5.01. The van der Waals surface area contributed by atoms with Crippen molar-refractivity contribution in [3.05, 3.63) is 23.8 Å². The Labute approximate surface area is 109 Å². The third kappa shape index (κ3) is 2.66. The van der Waals surface area contributed by atoms with Gasteiger partial charge in [-0.3, -0.25) is 4.79 Å². The minimum Gasteiger partial charge on any atom is -0.397 e. The number of nitrogen functional groups attached to an aromatic ring is 1. The molecule has 98 valence electrons. The van der Waals surface area contributed by atoms with E-state index >= 15 is 0 Å². The van der Waals surface area contributed by atoms with Crippen molar-refractivity contribution in [2.45, 2.75) is 46.0 Å². The Morgan fingerprint density at radius 3 is 2.56 bits per heavy atom. The number of rotatable bonds is 2. The Bertz CT molecular complexity index is 448. The topological polar surface area (TPSA) is 55.1 Å². The van der Waals surface area contributed by atoms with Crippen LogP contribution in [0.1, 0.15) is 44.6 Å². The maximum Gasteiger partial charge on any atom is 0.230 e. The molecule has 0 aromatic heterocycles. The largest absolute Gasteiger partial charge is 0.397 e. The maximum atomic E-state index is 12.4. The number of aryl methyl sites for hydroxylation is 1. The zero-order valence-electron chi connectivity index (χ0n) is 11.3. The zero-order chi connectivity index (χ0) is 13.2. The number of amides is 1. The number of carbonyl (C=O) groups is 1. The van der Waals surface area contributed by atoms with Gasteiger partial charge in [0.15, 0.2) is 0 Å². The van der Waals surface area contributed by atoms with Crippen LogP contribution in [-0.2, 0) is 4.79 Å². The summed E-state index contributed by atoms with van der Waals surface area (Å²) < 4.78 is 0. The predicted molar refractivity (Wildman–Crippen MR) is 75.4 cm³/mol. The van der Waals surface area contributed by atoms with Gasteiger partial charge in [-0.05, 0) is 37.5 Å². The Hall–Kier alpha value is -1.51. The van der Waals surface area contributed by atoms with Crippen molar-refractivity contribution in [2.75, 3.05) is 11.1 Å². The molecule has 0 aliphatic heterocycles. The average molecular weight is 246 g/mol. The molecule has 1 aliphatic rings. The Kier molecular flexibility index (Phi) is 3.60. The van der Waals surface area contributed by atoms with Gasteiger partial charge in [-0.1, -0.05) is 32.3 Å². The minimum atomic E-state index is -0.227. The van der Waals surface area contributed by atoms with E-state index in [1.807, 2.05) is 25.1 Å². The van der Waals surface area contributed by atoms with E-state index in [9.17, 15) is 4.79 Å². The fraction of sp³-hybridized carbons (Fsp3) is 0.533. The molecule has 1 aromatic rings. The third-order valence-corrected chi connectivity index (χ3v) is 3.96. The van der Waals surface area contributed by atoms with E-state index in [0.29, 0.717) is 5.69 Å². The van der Waals surface area contributed by atoms with Crippen LogP contribution >= 0.6 is 0 Å². The van der Waals surface area contributed by atoms with Gasteiger partial charge in [0.25, 0.3) is 0 Å². The van der Waals surface area contributed by atoms with E-state index in [1.54, 1.807) is 0 Å². The molecule has 0 radical (unpaired) electrons. The van der Waals surface area contributed by atoms with E-state index in [4.69, 9.17) is 5.73 Å². The molecular formula is C15H22N2O. The maximum absolute atomic E-state index is 12.4. The number of carbonyl (C=O) groups excluding carboxylic acids is 1. The number of benzene rings is 1. The molecule has 2 rings (SSSR count). The van der Waals surface area contributed by atoms with Crippen molar-refractivity contribution in [1.82, 2.24) is 0 Å². The molecule has 3 N–H and O–H groups in total. The lowest BCUT2D eigenvalue weighted by Gasteiger charge is -2.32. The molecule has 0 atom stereocenters. The molecule has 0 unspecified atom stereocenters. The summed E-state index contributed by atoms with van der Waals surface area (Å²) in [5.41, 5.74) is 8.18. The molecule has 0 spiro atoms. The van der Waals surface area contributed by atoms with Gasteiger partial charge in [-0.15, -0.1) is 0 Å². The first-order valence-corrected chi connectivity index (χ1v) is 6.69. The zero-order valence-corrected chi connectivity index (χ0v) is 11.3. The lowest BCUT2D eigenvalue weighted by molar-refractivity contribution is -0.126. The summed E-state index contributed by atoms with van der Waals surface area (Å²) in [6.45, 7) is 4.05. The summed E-state index contributed by atoms with van der Waals surface area (Å²) in [5.74, 6) is 0.109. The van der Waals surface area contributed by atoms with E-state index in [1.165, 1.54) is 6.42 Å². The van der Waals surface area contributed by atoms with Gasteiger partial charge in [-0.2, -0.15) is 0 Å². The molecule has 0 bridgehead atoms. The first-order chi connectivity index (χ1) is 8.51. The van der Waals surface area contributed by atoms with Crippen LogP contribution in [0, 0.1) is 12.3 Å². The Balaban J connectivity index is 2.11. The number of anilines is 2. The molecule has 3 nitrogen and oxygen atoms in total. The van der Waals surface area contributed by atoms with Gasteiger partial charge >= 0.3 is 0 Å². The summed E-state index contributed by atoms with van der Waals surface area (Å²) in [7, 11) is 0. The number of nitrogens with two attached hydrogens (primary N) is 1. The minimum absolute atomic E-state index is 0.109. The molecule has 0 heterocycles. The summed E-state index contributed by atoms with van der Waals surface area (Å²) >= 11 is 0. The van der Waals surface area contributed by atoms with Crippen LogP contribution in [0.4, 0.5) is 11.4 Å². The van der Waals surface area contributed by atoms with E-state index in [0.717, 1.165) is 36.9 Å². The summed E-state index contributed by atoms with van der Waals surface area (Å²) in [4.78, 5) is 12.4. The van der Waals surface area contributed by atoms with Crippen molar-refractivity contribution in [3.63, 3.8) is 0 Å². The molecule has 1 fully saturated rings. The fourth-order valence-corrected chi connectivity index (χ4v) is 2.63. The van der Waals surface area contributed by atoms with Crippen LogP contribution in [0.25, 0.3) is 0 Å². The van der Waals surface area contributed by atoms with Crippen LogP contribution < -0.4 is 11.1 Å². The SMILES string of the molecule is Cc1ccc(NC(=O)C2(C)CCCCC2)c(N)c1. The van der Waals surface area contributed by atoms with Gasteiger partial charge in [0.05, 0.1) is 11.4 Å². The van der Waals surface area contributed by atoms with Crippen molar-refractivity contribution in [2.24, 2.45) is 5.41 Å². The van der Waals surface area contributed by atoms with Gasteiger partial charge in [0, 0.05) is 5.41 Å². The lowest BCUT2D eigenvalue weighted by Crippen LogP contribution is -2.35. The monoisotopic (exact) mass is 246 g/mol. The summed E-state index contributed by atoms with van der Waals surface area (Å²) in [6.07, 6.45) is 5.49. The fourth-order valence-electron chi connectivity index (χ4n) is 2.63. The summed E-state index contributed by atoms with van der Waals surface area (Å²) in [6, 6.07) is 5.74. The van der Waals surface area contributed by atoms with Crippen molar-refractivity contribution >= 4 is 17.3 Å². The predicted octanol–water partition coefficient (Wildman–Crippen LogP) is 3.49. The smallest absolute Gasteiger partial charge is 0.230 e. The molecular weight excluding hydrogens is 224 g/mol. The first-order valence-electron chi connectivity index (χ1n) is 6.69. The first kappa shape index (κ1) is 12.9. The van der Waals surface area contributed by atoms with Crippen LogP contribution in [-0.4, -0.2) is 5.91 Å². The Morgan fingerprint density at radius 1 is 1.28 bits per heavy atom. The highest BCUT2D eigenvalue weighted by Crippen LogP contribution is 2.37. The van der Waals surface area contributed by atoms with Gasteiger partial charge in [0.2, 0.25) is 5.91 Å². The average Bonchev–Trinajstić information content (AvgIpc) is 2.33. The van der Waals surface area contributed by atoms with Gasteiger partial charge < -0.3 is 11.1 Å². The molecule has 18 heavy (non-hydrogen) atoms. The van der Waals surface area contributed by atoms with Crippen molar-refractivity contribution in [3.8, 4) is 0 Å².